The molecule has 0 N–H and O–H groups in total. The summed E-state index contributed by atoms with van der Waals surface area (Å²) in [7, 11) is 0. The van der Waals surface area contributed by atoms with Crippen molar-refractivity contribution in [3.63, 3.8) is 0 Å². The first kappa shape index (κ1) is 16.1. The molecule has 3 aromatic rings. The van der Waals surface area contributed by atoms with Gasteiger partial charge in [-0.2, -0.15) is 0 Å². The Balaban J connectivity index is 1.40. The minimum Gasteiger partial charge on any atom is -0.352 e. The molecule has 1 aliphatic heterocycles. The topological polar surface area (TPSA) is 75.1 Å². The lowest BCUT2D eigenvalue weighted by molar-refractivity contribution is 0.0740. The molecule has 0 bridgehead atoms. The number of pyridine rings is 2. The van der Waals surface area contributed by atoms with Crippen molar-refractivity contribution in [1.29, 1.82) is 0 Å². The molecular weight excluding hydrogens is 328 g/mol. The average molecular weight is 346 g/mol. The lowest BCUT2D eigenvalue weighted by Crippen LogP contribution is -2.49. The van der Waals surface area contributed by atoms with Gasteiger partial charge in [-0.3, -0.25) is 14.8 Å². The fourth-order valence-electron chi connectivity index (χ4n) is 2.96. The Kier molecular flexibility index (Phi) is 4.51. The molecule has 4 rings (SSSR count). The highest BCUT2D eigenvalue weighted by Crippen LogP contribution is 2.19. The van der Waals surface area contributed by atoms with Crippen LogP contribution in [-0.2, 0) is 0 Å². The molecule has 1 fully saturated rings. The Hall–Kier alpha value is -3.35. The van der Waals surface area contributed by atoms with Gasteiger partial charge >= 0.3 is 0 Å². The van der Waals surface area contributed by atoms with Crippen molar-refractivity contribution in [3.05, 3.63) is 66.7 Å². The van der Waals surface area contributed by atoms with E-state index in [0.29, 0.717) is 18.8 Å². The predicted octanol–water partition coefficient (Wildman–Crippen LogP) is 1.90. The van der Waals surface area contributed by atoms with E-state index in [-0.39, 0.29) is 5.91 Å². The third kappa shape index (κ3) is 3.37. The Labute approximate surface area is 151 Å². The Morgan fingerprint density at radius 2 is 1.65 bits per heavy atom. The summed E-state index contributed by atoms with van der Waals surface area (Å²) in [4.78, 5) is 24.6. The molecule has 0 unspecified atom stereocenters. The van der Waals surface area contributed by atoms with Crippen LogP contribution in [0.15, 0.2) is 61.1 Å². The molecular formula is C19H18N6O. The predicted molar refractivity (Wildman–Crippen MR) is 97.6 cm³/mol. The highest BCUT2D eigenvalue weighted by molar-refractivity contribution is 5.92. The molecule has 0 spiro atoms. The maximum Gasteiger partial charge on any atom is 0.272 e. The molecule has 0 radical (unpaired) electrons. The van der Waals surface area contributed by atoms with Crippen LogP contribution in [0, 0.1) is 0 Å². The first-order valence-corrected chi connectivity index (χ1v) is 8.51. The van der Waals surface area contributed by atoms with Crippen molar-refractivity contribution in [2.24, 2.45) is 0 Å². The smallest absolute Gasteiger partial charge is 0.272 e. The number of anilines is 1. The van der Waals surface area contributed by atoms with Gasteiger partial charge in [-0.1, -0.05) is 6.07 Å². The summed E-state index contributed by atoms with van der Waals surface area (Å²) in [5.74, 6) is 0.803. The zero-order valence-electron chi connectivity index (χ0n) is 14.2. The molecule has 3 aromatic heterocycles. The van der Waals surface area contributed by atoms with Crippen molar-refractivity contribution in [1.82, 2.24) is 25.1 Å². The molecule has 4 heterocycles. The molecule has 7 heteroatoms. The molecule has 26 heavy (non-hydrogen) atoms. The number of carbonyl (C=O) groups excluding carboxylic acids is 1. The van der Waals surface area contributed by atoms with E-state index in [1.165, 1.54) is 0 Å². The van der Waals surface area contributed by atoms with Gasteiger partial charge in [0.1, 0.15) is 5.69 Å². The van der Waals surface area contributed by atoms with Crippen LogP contribution >= 0.6 is 0 Å². The zero-order valence-corrected chi connectivity index (χ0v) is 14.2. The lowest BCUT2D eigenvalue weighted by Gasteiger charge is -2.35. The number of piperazine rings is 1. The minimum atomic E-state index is -0.0237. The van der Waals surface area contributed by atoms with E-state index in [1.807, 2.05) is 41.3 Å². The van der Waals surface area contributed by atoms with Crippen molar-refractivity contribution < 1.29 is 4.79 Å². The molecule has 130 valence electrons. The maximum absolute atomic E-state index is 12.5. The molecule has 1 aliphatic rings. The molecule has 1 amide bonds. The number of hydrogen-bond acceptors (Lipinski definition) is 6. The van der Waals surface area contributed by atoms with Crippen LogP contribution in [0.2, 0.25) is 0 Å². The largest absolute Gasteiger partial charge is 0.352 e. The lowest BCUT2D eigenvalue weighted by atomic mass is 10.2. The van der Waals surface area contributed by atoms with Gasteiger partial charge in [0.05, 0.1) is 5.69 Å². The van der Waals surface area contributed by atoms with E-state index >= 15 is 0 Å². The van der Waals surface area contributed by atoms with E-state index in [4.69, 9.17) is 0 Å². The summed E-state index contributed by atoms with van der Waals surface area (Å²) in [6, 6.07) is 13.1. The van der Waals surface area contributed by atoms with Gasteiger partial charge in [0.15, 0.2) is 5.82 Å². The quantitative estimate of drug-likeness (QED) is 0.721. The average Bonchev–Trinajstić information content (AvgIpc) is 2.75. The monoisotopic (exact) mass is 346 g/mol. The summed E-state index contributed by atoms with van der Waals surface area (Å²) in [6.45, 7) is 2.73. The number of rotatable bonds is 3. The Morgan fingerprint density at radius 1 is 0.846 bits per heavy atom. The highest BCUT2D eigenvalue weighted by atomic mass is 16.2. The standard InChI is InChI=1S/C19H18N6O/c26-19(17-3-1-2-8-21-17)25-13-11-24(12-14-25)18-5-4-16(22-23-18)15-6-9-20-10-7-15/h1-10H,11-14H2. The van der Waals surface area contributed by atoms with Gasteiger partial charge in [-0.15, -0.1) is 10.2 Å². The minimum absolute atomic E-state index is 0.0237. The normalized spacial score (nSPS) is 14.3. The van der Waals surface area contributed by atoms with Gasteiger partial charge in [0.25, 0.3) is 5.91 Å². The SMILES string of the molecule is O=C(c1ccccn1)N1CCN(c2ccc(-c3ccncc3)nn2)CC1. The summed E-state index contributed by atoms with van der Waals surface area (Å²) in [5.41, 5.74) is 2.30. The third-order valence-electron chi connectivity index (χ3n) is 4.40. The molecule has 0 aromatic carbocycles. The number of hydrogen-bond donors (Lipinski definition) is 0. The summed E-state index contributed by atoms with van der Waals surface area (Å²) < 4.78 is 0. The van der Waals surface area contributed by atoms with Crippen LogP contribution in [-0.4, -0.2) is 57.2 Å². The van der Waals surface area contributed by atoms with E-state index in [9.17, 15) is 4.79 Å². The Bertz CT molecular complexity index is 862. The third-order valence-corrected chi connectivity index (χ3v) is 4.40. The second-order valence-corrected chi connectivity index (χ2v) is 6.01. The highest BCUT2D eigenvalue weighted by Gasteiger charge is 2.23. The van der Waals surface area contributed by atoms with Crippen molar-refractivity contribution in [2.45, 2.75) is 0 Å². The molecule has 1 saturated heterocycles. The van der Waals surface area contributed by atoms with Gasteiger partial charge in [-0.05, 0) is 36.4 Å². The van der Waals surface area contributed by atoms with Crippen LogP contribution in [0.25, 0.3) is 11.3 Å². The van der Waals surface area contributed by atoms with Gasteiger partial charge in [-0.25, -0.2) is 0 Å². The zero-order chi connectivity index (χ0) is 17.8. The van der Waals surface area contributed by atoms with Crippen LogP contribution in [0.3, 0.4) is 0 Å². The van der Waals surface area contributed by atoms with Crippen molar-refractivity contribution in [2.75, 3.05) is 31.1 Å². The van der Waals surface area contributed by atoms with Gasteiger partial charge in [0.2, 0.25) is 0 Å². The first-order chi connectivity index (χ1) is 12.8. The summed E-state index contributed by atoms with van der Waals surface area (Å²) in [5, 5.41) is 8.66. The molecule has 0 aliphatic carbocycles. The fraction of sp³-hybridized carbons (Fsp3) is 0.211. The Morgan fingerprint density at radius 3 is 2.31 bits per heavy atom. The van der Waals surface area contributed by atoms with Crippen LogP contribution in [0.4, 0.5) is 5.82 Å². The van der Waals surface area contributed by atoms with E-state index in [2.05, 4.69) is 25.1 Å². The number of carbonyl (C=O) groups is 1. The summed E-state index contributed by atoms with van der Waals surface area (Å²) >= 11 is 0. The van der Waals surface area contributed by atoms with Crippen molar-refractivity contribution in [3.8, 4) is 11.3 Å². The first-order valence-electron chi connectivity index (χ1n) is 8.51. The summed E-state index contributed by atoms with van der Waals surface area (Å²) in [6.07, 6.45) is 5.12. The number of amides is 1. The van der Waals surface area contributed by atoms with Crippen LogP contribution in [0.5, 0.6) is 0 Å². The van der Waals surface area contributed by atoms with E-state index in [1.54, 1.807) is 24.7 Å². The van der Waals surface area contributed by atoms with Crippen LogP contribution in [0.1, 0.15) is 10.5 Å². The van der Waals surface area contributed by atoms with E-state index < -0.39 is 0 Å². The maximum atomic E-state index is 12.5. The molecule has 0 saturated carbocycles. The van der Waals surface area contributed by atoms with Crippen LogP contribution < -0.4 is 4.90 Å². The van der Waals surface area contributed by atoms with Gasteiger partial charge < -0.3 is 9.80 Å². The van der Waals surface area contributed by atoms with E-state index in [0.717, 1.165) is 30.2 Å². The van der Waals surface area contributed by atoms with Gasteiger partial charge in [0, 0.05) is 50.3 Å². The number of aromatic nitrogens is 4. The number of nitrogens with zero attached hydrogens (tertiary/aromatic N) is 6. The second-order valence-electron chi connectivity index (χ2n) is 6.01. The fourth-order valence-corrected chi connectivity index (χ4v) is 2.96. The molecule has 0 atom stereocenters. The van der Waals surface area contributed by atoms with Crippen molar-refractivity contribution >= 4 is 11.7 Å². The second kappa shape index (κ2) is 7.26. The molecule has 7 nitrogen and oxygen atoms in total.